The van der Waals surface area contributed by atoms with E-state index in [9.17, 15) is 0 Å². The number of nitrogens with one attached hydrogen (secondary N) is 1. The summed E-state index contributed by atoms with van der Waals surface area (Å²) >= 11 is 0. The van der Waals surface area contributed by atoms with Crippen LogP contribution in [0.1, 0.15) is 0 Å². The van der Waals surface area contributed by atoms with Gasteiger partial charge in [-0.2, -0.15) is 0 Å². The predicted octanol–water partition coefficient (Wildman–Crippen LogP) is 2.91. The van der Waals surface area contributed by atoms with E-state index in [4.69, 9.17) is 5.26 Å². The highest BCUT2D eigenvalue weighted by atomic mass is 17.1. The third kappa shape index (κ3) is 3.09. The van der Waals surface area contributed by atoms with Crippen LogP contribution >= 0.6 is 0 Å². The molecule has 0 aliphatic carbocycles. The minimum Gasteiger partial charge on any atom is -0.388 e. The Balaban J connectivity index is 1.61. The Morgan fingerprint density at radius 2 is 1.27 bits per heavy atom. The minimum absolute atomic E-state index is 0.465. The van der Waals surface area contributed by atoms with Gasteiger partial charge in [0.05, 0.1) is 0 Å². The molecular weight excluding hydrogens is 278 g/mol. The van der Waals surface area contributed by atoms with Gasteiger partial charge < -0.3 is 20.0 Å². The van der Waals surface area contributed by atoms with Crippen LogP contribution in [0, 0.1) is 0 Å². The lowest BCUT2D eigenvalue weighted by Crippen LogP contribution is -2.46. The van der Waals surface area contributed by atoms with Gasteiger partial charge in [-0.25, -0.2) is 5.26 Å². The zero-order valence-corrected chi connectivity index (χ0v) is 12.7. The standard InChI is InChI=1S/C17H21N3O2/c1-18-14-2-4-15(5-3-14)19-10-12-20(13-11-19)16-6-8-17(22-21)9-7-16/h2-9,18,21H,10-13H2,1H3. The van der Waals surface area contributed by atoms with Gasteiger partial charge in [-0.3, -0.25) is 0 Å². The summed E-state index contributed by atoms with van der Waals surface area (Å²) in [4.78, 5) is 8.97. The maximum atomic E-state index is 8.61. The zero-order chi connectivity index (χ0) is 15.4. The first-order chi connectivity index (χ1) is 10.8. The second kappa shape index (κ2) is 6.58. The quantitative estimate of drug-likeness (QED) is 0.671. The van der Waals surface area contributed by atoms with Crippen molar-refractivity contribution in [3.8, 4) is 5.75 Å². The molecule has 3 rings (SSSR count). The number of hydrogen-bond donors (Lipinski definition) is 2. The van der Waals surface area contributed by atoms with Crippen molar-refractivity contribution in [3.05, 3.63) is 48.5 Å². The summed E-state index contributed by atoms with van der Waals surface area (Å²) in [5.74, 6) is 0.465. The van der Waals surface area contributed by atoms with Crippen LogP contribution in [-0.2, 0) is 0 Å². The van der Waals surface area contributed by atoms with Gasteiger partial charge in [0, 0.05) is 50.3 Å². The first kappa shape index (κ1) is 14.5. The fourth-order valence-corrected chi connectivity index (χ4v) is 2.78. The van der Waals surface area contributed by atoms with Crippen LogP contribution in [0.5, 0.6) is 5.75 Å². The molecule has 1 saturated heterocycles. The average molecular weight is 299 g/mol. The van der Waals surface area contributed by atoms with Gasteiger partial charge in [0.15, 0.2) is 5.75 Å². The fraction of sp³-hybridized carbons (Fsp3) is 0.294. The van der Waals surface area contributed by atoms with Crippen LogP contribution in [0.2, 0.25) is 0 Å². The number of nitrogens with zero attached hydrogens (tertiary/aromatic N) is 2. The van der Waals surface area contributed by atoms with E-state index in [2.05, 4.69) is 44.3 Å². The van der Waals surface area contributed by atoms with Crippen molar-refractivity contribution >= 4 is 17.1 Å². The second-order valence-electron chi connectivity index (χ2n) is 5.36. The molecule has 2 aromatic carbocycles. The molecule has 22 heavy (non-hydrogen) atoms. The topological polar surface area (TPSA) is 48.0 Å². The van der Waals surface area contributed by atoms with E-state index in [1.54, 1.807) is 12.1 Å². The molecule has 0 radical (unpaired) electrons. The number of piperazine rings is 1. The van der Waals surface area contributed by atoms with E-state index >= 15 is 0 Å². The molecule has 0 unspecified atom stereocenters. The van der Waals surface area contributed by atoms with Crippen LogP contribution in [0.15, 0.2) is 48.5 Å². The van der Waals surface area contributed by atoms with Gasteiger partial charge in [-0.1, -0.05) is 0 Å². The van der Waals surface area contributed by atoms with Crippen molar-refractivity contribution in [2.24, 2.45) is 0 Å². The summed E-state index contributed by atoms with van der Waals surface area (Å²) < 4.78 is 0. The molecule has 116 valence electrons. The Kier molecular flexibility index (Phi) is 4.34. The van der Waals surface area contributed by atoms with Gasteiger partial charge in [-0.05, 0) is 48.5 Å². The molecule has 5 nitrogen and oxygen atoms in total. The number of anilines is 3. The maximum Gasteiger partial charge on any atom is 0.165 e. The van der Waals surface area contributed by atoms with Gasteiger partial charge in [0.1, 0.15) is 0 Å². The van der Waals surface area contributed by atoms with Crippen molar-refractivity contribution in [3.63, 3.8) is 0 Å². The lowest BCUT2D eigenvalue weighted by molar-refractivity contribution is -0.137. The molecule has 0 spiro atoms. The largest absolute Gasteiger partial charge is 0.388 e. The Hall–Kier alpha value is -2.40. The Morgan fingerprint density at radius 1 is 0.818 bits per heavy atom. The van der Waals surface area contributed by atoms with Crippen LogP contribution in [0.3, 0.4) is 0 Å². The van der Waals surface area contributed by atoms with Crippen LogP contribution in [0.25, 0.3) is 0 Å². The van der Waals surface area contributed by atoms with Gasteiger partial charge in [0.2, 0.25) is 0 Å². The maximum absolute atomic E-state index is 8.61. The summed E-state index contributed by atoms with van der Waals surface area (Å²) in [6.07, 6.45) is 0. The van der Waals surface area contributed by atoms with Gasteiger partial charge in [-0.15, -0.1) is 0 Å². The average Bonchev–Trinajstić information content (AvgIpc) is 2.62. The lowest BCUT2D eigenvalue weighted by Gasteiger charge is -2.37. The van der Waals surface area contributed by atoms with Crippen molar-refractivity contribution < 1.29 is 10.1 Å². The smallest absolute Gasteiger partial charge is 0.165 e. The van der Waals surface area contributed by atoms with E-state index in [0.717, 1.165) is 37.6 Å². The first-order valence-corrected chi connectivity index (χ1v) is 7.49. The van der Waals surface area contributed by atoms with Crippen LogP contribution < -0.4 is 20.0 Å². The van der Waals surface area contributed by atoms with Crippen molar-refractivity contribution in [1.29, 1.82) is 0 Å². The number of hydrogen-bond acceptors (Lipinski definition) is 5. The number of benzene rings is 2. The Labute approximate surface area is 130 Å². The molecule has 1 aliphatic rings. The third-order valence-corrected chi connectivity index (χ3v) is 4.11. The summed E-state index contributed by atoms with van der Waals surface area (Å²) in [6.45, 7) is 3.95. The molecule has 0 aromatic heterocycles. The van der Waals surface area contributed by atoms with E-state index < -0.39 is 0 Å². The third-order valence-electron chi connectivity index (χ3n) is 4.11. The monoisotopic (exact) mass is 299 g/mol. The summed E-state index contributed by atoms with van der Waals surface area (Å²) in [5.41, 5.74) is 3.56. The molecule has 0 amide bonds. The highest BCUT2D eigenvalue weighted by Crippen LogP contribution is 2.23. The highest BCUT2D eigenvalue weighted by Gasteiger charge is 2.17. The normalized spacial score (nSPS) is 14.8. The summed E-state index contributed by atoms with van der Waals surface area (Å²) in [6, 6.07) is 16.0. The van der Waals surface area contributed by atoms with Gasteiger partial charge in [0.25, 0.3) is 0 Å². The van der Waals surface area contributed by atoms with E-state index in [-0.39, 0.29) is 0 Å². The summed E-state index contributed by atoms with van der Waals surface area (Å²) in [7, 11) is 1.93. The molecule has 5 heteroatoms. The lowest BCUT2D eigenvalue weighted by atomic mass is 10.2. The number of rotatable bonds is 4. The van der Waals surface area contributed by atoms with Crippen LogP contribution in [-0.4, -0.2) is 38.5 Å². The molecule has 2 aromatic rings. The molecule has 1 aliphatic heterocycles. The minimum atomic E-state index is 0.465. The molecule has 0 atom stereocenters. The Bertz CT molecular complexity index is 535. The zero-order valence-electron chi connectivity index (χ0n) is 12.7. The molecule has 2 N–H and O–H groups in total. The fourth-order valence-electron chi connectivity index (χ4n) is 2.78. The molecular formula is C17H21N3O2. The van der Waals surface area contributed by atoms with Gasteiger partial charge >= 0.3 is 0 Å². The molecule has 0 bridgehead atoms. The van der Waals surface area contributed by atoms with E-state index in [1.165, 1.54) is 5.69 Å². The SMILES string of the molecule is CNc1ccc(N2CCN(c3ccc(OO)cc3)CC2)cc1. The van der Waals surface area contributed by atoms with E-state index in [0.29, 0.717) is 5.75 Å². The highest BCUT2D eigenvalue weighted by molar-refractivity contribution is 5.56. The molecule has 1 fully saturated rings. The van der Waals surface area contributed by atoms with Crippen molar-refractivity contribution in [2.45, 2.75) is 0 Å². The Morgan fingerprint density at radius 3 is 1.68 bits per heavy atom. The van der Waals surface area contributed by atoms with Crippen molar-refractivity contribution in [2.75, 3.05) is 48.3 Å². The van der Waals surface area contributed by atoms with Crippen molar-refractivity contribution in [1.82, 2.24) is 0 Å². The second-order valence-corrected chi connectivity index (χ2v) is 5.36. The van der Waals surface area contributed by atoms with Crippen LogP contribution in [0.4, 0.5) is 17.1 Å². The molecule has 1 heterocycles. The first-order valence-electron chi connectivity index (χ1n) is 7.49. The molecule has 0 saturated carbocycles. The predicted molar refractivity (Wildman–Crippen MR) is 90.1 cm³/mol. The van der Waals surface area contributed by atoms with E-state index in [1.807, 2.05) is 19.2 Å². The summed E-state index contributed by atoms with van der Waals surface area (Å²) in [5, 5.41) is 11.8.